The Bertz CT molecular complexity index is 630. The van der Waals surface area contributed by atoms with Crippen LogP contribution in [-0.2, 0) is 14.3 Å². The van der Waals surface area contributed by atoms with Gasteiger partial charge in [-0.3, -0.25) is 9.59 Å². The molecule has 8 heteroatoms. The fraction of sp³-hybridized carbons (Fsp3) is 0.471. The van der Waals surface area contributed by atoms with Gasteiger partial charge in [0.15, 0.2) is 6.61 Å². The summed E-state index contributed by atoms with van der Waals surface area (Å²) in [7, 11) is 2.86. The first-order chi connectivity index (χ1) is 12.0. The van der Waals surface area contributed by atoms with Crippen LogP contribution in [0.2, 0.25) is 0 Å². The van der Waals surface area contributed by atoms with Crippen molar-refractivity contribution in [1.82, 2.24) is 4.90 Å². The number of piperidine rings is 1. The van der Waals surface area contributed by atoms with Gasteiger partial charge in [-0.2, -0.15) is 0 Å². The van der Waals surface area contributed by atoms with Crippen molar-refractivity contribution in [2.75, 3.05) is 33.9 Å². The molecule has 0 unspecified atom stereocenters. The van der Waals surface area contributed by atoms with Crippen molar-refractivity contribution in [2.45, 2.75) is 12.8 Å². The SMILES string of the molecule is COc1cccc(OC)c1C(=O)OCC(=O)N1CCC(C(N)=O)CC1. The molecule has 1 aliphatic heterocycles. The van der Waals surface area contributed by atoms with Crippen LogP contribution < -0.4 is 15.2 Å². The van der Waals surface area contributed by atoms with Gasteiger partial charge in [-0.1, -0.05) is 6.07 Å². The molecule has 0 aromatic heterocycles. The van der Waals surface area contributed by atoms with Gasteiger partial charge in [0.05, 0.1) is 14.2 Å². The quantitative estimate of drug-likeness (QED) is 0.752. The molecule has 0 atom stereocenters. The minimum absolute atomic E-state index is 0.132. The van der Waals surface area contributed by atoms with Crippen LogP contribution >= 0.6 is 0 Å². The number of nitrogens with zero attached hydrogens (tertiary/aromatic N) is 1. The Kier molecular flexibility index (Phi) is 6.21. The Morgan fingerprint density at radius 3 is 2.16 bits per heavy atom. The molecular formula is C17H22N2O6. The molecule has 0 radical (unpaired) electrons. The summed E-state index contributed by atoms with van der Waals surface area (Å²) in [4.78, 5) is 37.2. The van der Waals surface area contributed by atoms with E-state index in [1.54, 1.807) is 23.1 Å². The third kappa shape index (κ3) is 4.40. The second-order valence-corrected chi connectivity index (χ2v) is 5.67. The Morgan fingerprint density at radius 1 is 1.12 bits per heavy atom. The number of benzene rings is 1. The molecule has 2 amide bonds. The second-order valence-electron chi connectivity index (χ2n) is 5.67. The fourth-order valence-electron chi connectivity index (χ4n) is 2.76. The van der Waals surface area contributed by atoms with Crippen molar-refractivity contribution in [3.63, 3.8) is 0 Å². The van der Waals surface area contributed by atoms with E-state index < -0.39 is 5.97 Å². The first kappa shape index (κ1) is 18.6. The average Bonchev–Trinajstić information content (AvgIpc) is 2.64. The molecule has 1 saturated heterocycles. The van der Waals surface area contributed by atoms with Gasteiger partial charge in [-0.05, 0) is 25.0 Å². The molecule has 1 heterocycles. The van der Waals surface area contributed by atoms with E-state index in [-0.39, 0.29) is 29.9 Å². The van der Waals surface area contributed by atoms with E-state index in [2.05, 4.69) is 0 Å². The number of nitrogens with two attached hydrogens (primary N) is 1. The normalized spacial score (nSPS) is 14.7. The highest BCUT2D eigenvalue weighted by Gasteiger charge is 2.27. The van der Waals surface area contributed by atoms with Crippen LogP contribution in [-0.4, -0.2) is 56.6 Å². The molecule has 1 aliphatic rings. The van der Waals surface area contributed by atoms with Crippen LogP contribution in [0.5, 0.6) is 11.5 Å². The van der Waals surface area contributed by atoms with Crippen molar-refractivity contribution in [3.8, 4) is 11.5 Å². The Morgan fingerprint density at radius 2 is 1.68 bits per heavy atom. The van der Waals surface area contributed by atoms with Crippen LogP contribution in [0, 0.1) is 5.92 Å². The van der Waals surface area contributed by atoms with Crippen molar-refractivity contribution in [2.24, 2.45) is 11.7 Å². The van der Waals surface area contributed by atoms with Crippen molar-refractivity contribution in [1.29, 1.82) is 0 Å². The summed E-state index contributed by atoms with van der Waals surface area (Å²) in [6.07, 6.45) is 1.05. The molecule has 0 bridgehead atoms. The number of amides is 2. The molecule has 1 aromatic carbocycles. The van der Waals surface area contributed by atoms with Gasteiger partial charge >= 0.3 is 5.97 Å². The predicted molar refractivity (Wildman–Crippen MR) is 88.3 cm³/mol. The van der Waals surface area contributed by atoms with Crippen LogP contribution in [0.3, 0.4) is 0 Å². The highest BCUT2D eigenvalue weighted by atomic mass is 16.5. The highest BCUT2D eigenvalue weighted by Crippen LogP contribution is 2.29. The maximum atomic E-state index is 12.3. The van der Waals surface area contributed by atoms with Crippen LogP contribution in [0.15, 0.2) is 18.2 Å². The Labute approximate surface area is 145 Å². The van der Waals surface area contributed by atoms with Gasteiger partial charge in [0.2, 0.25) is 5.91 Å². The summed E-state index contributed by atoms with van der Waals surface area (Å²) in [5, 5.41) is 0. The third-order valence-electron chi connectivity index (χ3n) is 4.21. The van der Waals surface area contributed by atoms with Crippen molar-refractivity contribution < 1.29 is 28.6 Å². The number of ether oxygens (including phenoxy) is 3. The Balaban J connectivity index is 1.94. The summed E-state index contributed by atoms with van der Waals surface area (Å²) in [5.74, 6) is -0.954. The monoisotopic (exact) mass is 350 g/mol. The lowest BCUT2D eigenvalue weighted by atomic mass is 9.96. The maximum absolute atomic E-state index is 12.3. The minimum Gasteiger partial charge on any atom is -0.496 e. The molecule has 25 heavy (non-hydrogen) atoms. The molecule has 0 spiro atoms. The molecule has 1 aromatic rings. The predicted octanol–water partition coefficient (Wildman–Crippen LogP) is 0.584. The number of methoxy groups -OCH3 is 2. The third-order valence-corrected chi connectivity index (χ3v) is 4.21. The van der Waals surface area contributed by atoms with E-state index >= 15 is 0 Å². The molecule has 136 valence electrons. The van der Waals surface area contributed by atoms with Crippen LogP contribution in [0.25, 0.3) is 0 Å². The van der Waals surface area contributed by atoms with Gasteiger partial charge < -0.3 is 24.8 Å². The summed E-state index contributed by atoms with van der Waals surface area (Å²) in [6.45, 7) is 0.450. The topological polar surface area (TPSA) is 108 Å². The summed E-state index contributed by atoms with van der Waals surface area (Å²) in [5.41, 5.74) is 5.40. The van der Waals surface area contributed by atoms with Gasteiger partial charge in [0, 0.05) is 19.0 Å². The lowest BCUT2D eigenvalue weighted by Crippen LogP contribution is -2.43. The number of esters is 1. The average molecular weight is 350 g/mol. The molecule has 2 rings (SSSR count). The largest absolute Gasteiger partial charge is 0.496 e. The van der Waals surface area contributed by atoms with Gasteiger partial charge in [-0.25, -0.2) is 4.79 Å². The highest BCUT2D eigenvalue weighted by molar-refractivity contribution is 5.96. The van der Waals surface area contributed by atoms with Crippen LogP contribution in [0.1, 0.15) is 23.2 Å². The zero-order valence-electron chi connectivity index (χ0n) is 14.3. The van der Waals surface area contributed by atoms with E-state index in [1.165, 1.54) is 14.2 Å². The summed E-state index contributed by atoms with van der Waals surface area (Å²) >= 11 is 0. The van der Waals surface area contributed by atoms with Gasteiger partial charge in [-0.15, -0.1) is 0 Å². The number of hydrogen-bond acceptors (Lipinski definition) is 6. The Hall–Kier alpha value is -2.77. The number of carbonyl (C=O) groups is 3. The number of carbonyl (C=O) groups excluding carboxylic acids is 3. The lowest BCUT2D eigenvalue weighted by molar-refractivity contribution is -0.137. The standard InChI is InChI=1S/C17H22N2O6/c1-23-12-4-3-5-13(24-2)15(12)17(22)25-10-14(20)19-8-6-11(7-9-19)16(18)21/h3-5,11H,6-10H2,1-2H3,(H2,18,21). The maximum Gasteiger partial charge on any atom is 0.346 e. The fourth-order valence-corrected chi connectivity index (χ4v) is 2.76. The zero-order chi connectivity index (χ0) is 18.4. The summed E-state index contributed by atoms with van der Waals surface area (Å²) in [6, 6.07) is 4.90. The number of primary amides is 1. The molecule has 0 aliphatic carbocycles. The summed E-state index contributed by atoms with van der Waals surface area (Å²) < 4.78 is 15.4. The first-order valence-electron chi connectivity index (χ1n) is 7.93. The first-order valence-corrected chi connectivity index (χ1v) is 7.93. The number of likely N-dealkylation sites (tertiary alicyclic amines) is 1. The molecule has 2 N–H and O–H groups in total. The second kappa shape index (κ2) is 8.36. The zero-order valence-corrected chi connectivity index (χ0v) is 14.3. The number of rotatable bonds is 6. The smallest absolute Gasteiger partial charge is 0.346 e. The minimum atomic E-state index is -0.699. The van der Waals surface area contributed by atoms with Gasteiger partial charge in [0.25, 0.3) is 5.91 Å². The van der Waals surface area contributed by atoms with E-state index in [0.29, 0.717) is 37.4 Å². The molecule has 0 saturated carbocycles. The van der Waals surface area contributed by atoms with E-state index in [1.807, 2.05) is 0 Å². The van der Waals surface area contributed by atoms with Crippen molar-refractivity contribution in [3.05, 3.63) is 23.8 Å². The molecular weight excluding hydrogens is 328 g/mol. The number of hydrogen-bond donors (Lipinski definition) is 1. The van der Waals surface area contributed by atoms with Gasteiger partial charge in [0.1, 0.15) is 17.1 Å². The van der Waals surface area contributed by atoms with E-state index in [4.69, 9.17) is 19.9 Å². The van der Waals surface area contributed by atoms with Crippen LogP contribution in [0.4, 0.5) is 0 Å². The van der Waals surface area contributed by atoms with E-state index in [0.717, 1.165) is 0 Å². The molecule has 8 nitrogen and oxygen atoms in total. The lowest BCUT2D eigenvalue weighted by Gasteiger charge is -2.30. The van der Waals surface area contributed by atoms with Crippen molar-refractivity contribution >= 4 is 17.8 Å². The van der Waals surface area contributed by atoms with E-state index in [9.17, 15) is 14.4 Å². The molecule has 1 fully saturated rings.